The summed E-state index contributed by atoms with van der Waals surface area (Å²) in [6.07, 6.45) is 21.8. The zero-order valence-electron chi connectivity index (χ0n) is 78.4. The predicted octanol–water partition coefficient (Wildman–Crippen LogP) is 9.14. The van der Waals surface area contributed by atoms with Crippen LogP contribution < -0.4 is 104 Å². The number of pyridine rings is 4. The summed E-state index contributed by atoms with van der Waals surface area (Å²) in [5.41, 5.74) is 42.9. The molecule has 0 bridgehead atoms. The number of methoxy groups -OCH3 is 1. The van der Waals surface area contributed by atoms with Gasteiger partial charge in [0.1, 0.15) is 29.2 Å². The van der Waals surface area contributed by atoms with E-state index in [1.807, 2.05) is 242 Å². The molecule has 0 radical (unpaired) electrons. The van der Waals surface area contributed by atoms with Gasteiger partial charge in [0.25, 0.3) is 0 Å². The third-order valence-corrected chi connectivity index (χ3v) is 25.2. The van der Waals surface area contributed by atoms with E-state index in [1.165, 1.54) is 32.0 Å². The Kier molecular flexibility index (Phi) is 44.1. The Hall–Kier alpha value is -11.5. The van der Waals surface area contributed by atoms with Crippen LogP contribution in [0.3, 0.4) is 0 Å². The molecule has 5 fully saturated rings. The first kappa shape index (κ1) is 110. The number of rotatable bonds is 9. The van der Waals surface area contributed by atoms with Gasteiger partial charge in [-0.2, -0.15) is 6.29 Å². The number of nitrogens with one attached hydrogen (secondary N) is 3. The summed E-state index contributed by atoms with van der Waals surface area (Å²) >= 11 is 0. The molecule has 30 nitrogen and oxygen atoms in total. The topological polar surface area (TPSA) is 474 Å². The first-order valence-electron chi connectivity index (χ1n) is 43.6. The van der Waals surface area contributed by atoms with Crippen LogP contribution in [-0.2, 0) is 52.7 Å². The Morgan fingerprint density at radius 3 is 0.763 bits per heavy atom. The molecule has 9 aromatic rings. The minimum atomic E-state index is -0.783. The Balaban J connectivity index is 0.000000283. The number of aromatic nitrogens is 4. The van der Waals surface area contributed by atoms with Crippen molar-refractivity contribution in [3.63, 3.8) is 0 Å². The maximum absolute atomic E-state index is 13.0. The second-order valence-corrected chi connectivity index (χ2v) is 33.3. The number of esters is 1. The maximum Gasteiger partial charge on any atom is 1.00 e. The van der Waals surface area contributed by atoms with Crippen LogP contribution in [0.25, 0.3) is 0 Å². The summed E-state index contributed by atoms with van der Waals surface area (Å²) in [6, 6.07) is 49.4. The Morgan fingerprint density at radius 1 is 0.321 bits per heavy atom. The van der Waals surface area contributed by atoms with Gasteiger partial charge in [0.2, 0.25) is 0 Å². The summed E-state index contributed by atoms with van der Waals surface area (Å²) in [7, 11) is 1.24. The number of amides is 8. The third kappa shape index (κ3) is 28.3. The third-order valence-electron chi connectivity index (χ3n) is 25.2. The van der Waals surface area contributed by atoms with Gasteiger partial charge in [-0.1, -0.05) is 152 Å². The minimum Gasteiger partial charge on any atom is -0.870 e. The van der Waals surface area contributed by atoms with Crippen molar-refractivity contribution in [3.8, 4) is 0 Å². The van der Waals surface area contributed by atoms with Gasteiger partial charge in [-0.05, 0) is 259 Å². The summed E-state index contributed by atoms with van der Waals surface area (Å²) in [4.78, 5) is 148. The zero-order chi connectivity index (χ0) is 92.5. The normalized spacial score (nSPS) is 19.4. The van der Waals surface area contributed by atoms with Crippen molar-refractivity contribution in [2.24, 2.45) is 0 Å². The average Bonchev–Trinajstić information content (AvgIpc) is 0.800. The standard InChI is InChI=1S/3C21H26N4O2.C15H19NO3.C14H16NO2.C7H11N3.2Na.2H2O/c3*1-13-8-7-11-18(16-9-5-4-6-10-16)25(13)21(27)20(26)24-17-12-23-19(22)15(3)14(17)2;1-11-7-6-10-13(12-8-4-3-5-9-12)16(11)14(17)15(18)19-2;1-11-6-5-9-13(15(11)14(17)10-16)12-7-3-2-4-8-12;1-4-5(2)7(9)10-3-6(4)8;;;;/h3*4-6,9-10,12-13,18H,7-8,11H2,1-3H3,(H2,22,23)(H,24,26);3-5,8-9,11,13H,6-7,10H2,1-2H3;2-4,7-8,11,13H,5-6,9H2,1H3;3H,8H2,1-2H3,(H2,9,10);;;2*1H2/q;;;;-1;;2*+1;;/p-2/t3*13-,18-;2*11-,13-;;;;;/m10000...../s1. The van der Waals surface area contributed by atoms with Crippen molar-refractivity contribution in [3.05, 3.63) is 249 Å². The molecule has 131 heavy (non-hydrogen) atoms. The van der Waals surface area contributed by atoms with Crippen molar-refractivity contribution in [2.45, 2.75) is 247 Å². The quantitative estimate of drug-likeness (QED) is 0.0289. The Bertz CT molecular complexity index is 4960. The first-order valence-corrected chi connectivity index (χ1v) is 43.6. The number of anilines is 8. The van der Waals surface area contributed by atoms with Crippen LogP contribution in [0.5, 0.6) is 0 Å². The first-order chi connectivity index (χ1) is 60.7. The monoisotopic (exact) mass is 1810 g/mol. The SMILES string of the molecule is COC(=O)C(=O)N1[C@@H](C)CCC[C@H]1c1ccccc1.C[C@H]1CCC[C@@H](c2ccccc2)N1C(=O)[C-]=O.Cc1c(N)cnc(N)c1C.Cc1c(NC(=O)C(=O)N2[C@@H](C)CCC[C@H]2c2ccccc2)cnc(N)c1C.Cc1c(NC(=O)C(=O)N2[C@@H](C)CCC[C@H]2c2ccccc2)cnc(N)c1C.Cc1c(NC(=O)C(=O)N2[C@H](C)CCC[C@@H]2c2ccccc2)cnc(N)c1C.[Na+].[Na+].[OH-].[OH-]. The van der Waals surface area contributed by atoms with Crippen LogP contribution in [0, 0.1) is 55.4 Å². The fourth-order valence-corrected chi connectivity index (χ4v) is 17.1. The molecule has 5 aliphatic heterocycles. The second kappa shape index (κ2) is 52.5. The van der Waals surface area contributed by atoms with Crippen molar-refractivity contribution in [1.29, 1.82) is 0 Å². The molecule has 5 aromatic carbocycles. The van der Waals surface area contributed by atoms with E-state index in [-0.39, 0.29) is 130 Å². The molecule has 9 heterocycles. The van der Waals surface area contributed by atoms with Gasteiger partial charge in [-0.15, -0.1) is 0 Å². The van der Waals surface area contributed by atoms with Gasteiger partial charge in [-0.25, -0.2) is 24.7 Å². The van der Waals surface area contributed by atoms with Crippen LogP contribution in [0.1, 0.15) is 233 Å². The molecule has 4 aromatic heterocycles. The number of piperidine rings is 5. The van der Waals surface area contributed by atoms with E-state index in [4.69, 9.17) is 28.7 Å². The summed E-state index contributed by atoms with van der Waals surface area (Å²) in [5, 5.41) is 8.16. The molecule has 5 saturated heterocycles. The van der Waals surface area contributed by atoms with Crippen LogP contribution in [-0.4, -0.2) is 152 Å². The number of nitrogen functional groups attached to an aromatic ring is 5. The van der Waals surface area contributed by atoms with E-state index in [0.717, 1.165) is 169 Å². The number of ether oxygens (including phenoxy) is 1. The number of carbonyl (C=O) groups is 9. The van der Waals surface area contributed by atoms with Crippen LogP contribution in [0.15, 0.2) is 176 Å². The van der Waals surface area contributed by atoms with Crippen molar-refractivity contribution in [2.75, 3.05) is 51.7 Å². The maximum atomic E-state index is 13.0. The molecule has 0 unspecified atom stereocenters. The molecule has 14 rings (SSSR count). The second-order valence-electron chi connectivity index (χ2n) is 33.3. The molecule has 0 spiro atoms. The number of carbonyl (C=O) groups excluding carboxylic acids is 10. The molecule has 8 amide bonds. The number of hydrogen-bond donors (Lipinski definition) is 8. The minimum absolute atomic E-state index is 0. The molecule has 10 atom stereocenters. The fourth-order valence-electron chi connectivity index (χ4n) is 17.1. The number of hydrogen-bond acceptors (Lipinski definition) is 22. The number of benzene rings is 5. The molecule has 32 heteroatoms. The predicted molar refractivity (Wildman–Crippen MR) is 501 cm³/mol. The van der Waals surface area contributed by atoms with Gasteiger partial charge >= 0.3 is 106 Å². The van der Waals surface area contributed by atoms with Crippen LogP contribution >= 0.6 is 0 Å². The van der Waals surface area contributed by atoms with Crippen LogP contribution in [0.2, 0.25) is 0 Å². The fraction of sp³-hybridized carbons (Fsp3) is 0.394. The van der Waals surface area contributed by atoms with E-state index in [9.17, 15) is 47.9 Å². The van der Waals surface area contributed by atoms with Gasteiger partial charge in [0, 0.05) is 30.2 Å². The smallest absolute Gasteiger partial charge is 0.870 e. The van der Waals surface area contributed by atoms with Crippen molar-refractivity contribution in [1.82, 2.24) is 44.4 Å². The van der Waals surface area contributed by atoms with Gasteiger partial charge in [0.15, 0.2) is 0 Å². The van der Waals surface area contributed by atoms with E-state index in [1.54, 1.807) is 30.7 Å². The number of nitrogens with two attached hydrogens (primary N) is 5. The molecular formula is C99H126N17Na2O13-. The van der Waals surface area contributed by atoms with Gasteiger partial charge < -0.3 is 94.4 Å². The zero-order valence-corrected chi connectivity index (χ0v) is 82.4. The molecule has 688 valence electrons. The van der Waals surface area contributed by atoms with E-state index in [0.29, 0.717) is 46.0 Å². The number of nitrogens with zero attached hydrogens (tertiary/aromatic N) is 9. The van der Waals surface area contributed by atoms with Gasteiger partial charge in [-0.3, -0.25) is 33.6 Å². The average molecular weight is 1810 g/mol. The molecule has 0 saturated carbocycles. The molecule has 5 aliphatic rings. The molecule has 0 aliphatic carbocycles. The summed E-state index contributed by atoms with van der Waals surface area (Å²) in [5.74, 6) is -3.46. The van der Waals surface area contributed by atoms with E-state index < -0.39 is 53.2 Å². The summed E-state index contributed by atoms with van der Waals surface area (Å²) < 4.78 is 4.57. The van der Waals surface area contributed by atoms with Crippen LogP contribution in [0.4, 0.5) is 46.0 Å². The number of likely N-dealkylation sites (tertiary alicyclic amines) is 5. The van der Waals surface area contributed by atoms with E-state index >= 15 is 0 Å². The molecular weight excluding hydrogens is 1680 g/mol. The van der Waals surface area contributed by atoms with E-state index in [2.05, 4.69) is 40.6 Å². The largest absolute Gasteiger partial charge is 1.00 e. The Labute approximate surface area is 813 Å². The molecule has 15 N–H and O–H groups in total. The van der Waals surface area contributed by atoms with Crippen molar-refractivity contribution >= 4 is 106 Å². The van der Waals surface area contributed by atoms with Crippen molar-refractivity contribution < 1.29 is 123 Å². The summed E-state index contributed by atoms with van der Waals surface area (Å²) in [6.45, 7) is 24.9. The Morgan fingerprint density at radius 2 is 0.534 bits per heavy atom. The van der Waals surface area contributed by atoms with Gasteiger partial charge in [0.05, 0.1) is 84.9 Å².